The molecule has 0 radical (unpaired) electrons. The van der Waals surface area contributed by atoms with Crippen molar-refractivity contribution in [3.63, 3.8) is 0 Å². The summed E-state index contributed by atoms with van der Waals surface area (Å²) in [4.78, 5) is 17.2. The zero-order valence-corrected chi connectivity index (χ0v) is 9.84. The summed E-state index contributed by atoms with van der Waals surface area (Å²) in [6.07, 6.45) is 8.02. The molecule has 0 aromatic heterocycles. The maximum absolute atomic E-state index is 11.8. The molecule has 16 heavy (non-hydrogen) atoms. The summed E-state index contributed by atoms with van der Waals surface area (Å²) in [5.74, 6) is 0.274. The summed E-state index contributed by atoms with van der Waals surface area (Å²) in [5.41, 5.74) is 2.64. The third-order valence-electron chi connectivity index (χ3n) is 3.55. The minimum absolute atomic E-state index is 0.0882. The second-order valence-corrected chi connectivity index (χ2v) is 4.89. The maximum Gasteiger partial charge on any atom is 0.246 e. The number of carbonyl (C=O) groups excluding carboxylic acids is 1. The van der Waals surface area contributed by atoms with Crippen LogP contribution in [0.15, 0.2) is 0 Å². The van der Waals surface area contributed by atoms with E-state index in [1.807, 2.05) is 0 Å². The molecule has 4 nitrogen and oxygen atoms in total. The molecule has 2 rings (SSSR count). The van der Waals surface area contributed by atoms with Crippen molar-refractivity contribution in [1.29, 1.82) is 0 Å². The monoisotopic (exact) mass is 226 g/mol. The Bertz CT molecular complexity index is 221. The van der Waals surface area contributed by atoms with Gasteiger partial charge in [-0.25, -0.2) is 5.48 Å². The van der Waals surface area contributed by atoms with Crippen molar-refractivity contribution in [1.82, 2.24) is 10.8 Å². The fraction of sp³-hybridized carbons (Fsp3) is 0.917. The lowest BCUT2D eigenvalue weighted by atomic mass is 9.89. The molecule has 1 saturated heterocycles. The van der Waals surface area contributed by atoms with Crippen molar-refractivity contribution in [2.45, 2.75) is 51.0 Å². The van der Waals surface area contributed by atoms with Crippen LogP contribution < -0.4 is 10.8 Å². The van der Waals surface area contributed by atoms with E-state index < -0.39 is 0 Å². The van der Waals surface area contributed by atoms with Crippen molar-refractivity contribution < 1.29 is 9.63 Å². The molecular weight excluding hydrogens is 204 g/mol. The van der Waals surface area contributed by atoms with Crippen molar-refractivity contribution >= 4 is 5.91 Å². The van der Waals surface area contributed by atoms with Gasteiger partial charge in [0, 0.05) is 12.5 Å². The Morgan fingerprint density at radius 2 is 1.94 bits per heavy atom. The second kappa shape index (κ2) is 6.21. The highest BCUT2D eigenvalue weighted by atomic mass is 16.7. The molecule has 1 aliphatic carbocycles. The highest BCUT2D eigenvalue weighted by molar-refractivity contribution is 5.77. The number of hydrogen-bond donors (Lipinski definition) is 2. The van der Waals surface area contributed by atoms with E-state index in [2.05, 4.69) is 10.8 Å². The summed E-state index contributed by atoms with van der Waals surface area (Å²) in [7, 11) is 0. The van der Waals surface area contributed by atoms with E-state index in [9.17, 15) is 4.79 Å². The van der Waals surface area contributed by atoms with Crippen LogP contribution in [0, 0.1) is 5.92 Å². The van der Waals surface area contributed by atoms with E-state index in [0.717, 1.165) is 38.8 Å². The van der Waals surface area contributed by atoms with Crippen molar-refractivity contribution in [2.24, 2.45) is 5.92 Å². The SMILES string of the molecule is O=C(NOC1CCCNC1)C1CCCCC1. The molecule has 4 heteroatoms. The lowest BCUT2D eigenvalue weighted by Gasteiger charge is -2.25. The normalized spacial score (nSPS) is 27.6. The fourth-order valence-electron chi connectivity index (χ4n) is 2.51. The largest absolute Gasteiger partial charge is 0.314 e. The predicted octanol–water partition coefficient (Wildman–Crippen LogP) is 1.37. The van der Waals surface area contributed by atoms with Crippen LogP contribution in [-0.4, -0.2) is 25.1 Å². The molecule has 2 aliphatic rings. The number of amides is 1. The lowest BCUT2D eigenvalue weighted by molar-refractivity contribution is -0.144. The van der Waals surface area contributed by atoms with Crippen LogP contribution in [0.5, 0.6) is 0 Å². The second-order valence-electron chi connectivity index (χ2n) is 4.89. The Balaban J connectivity index is 1.65. The molecular formula is C12H22N2O2. The fourth-order valence-corrected chi connectivity index (χ4v) is 2.51. The van der Waals surface area contributed by atoms with E-state index in [1.54, 1.807) is 0 Å². The van der Waals surface area contributed by atoms with Gasteiger partial charge in [-0.1, -0.05) is 19.3 Å². The number of hydroxylamine groups is 1. The molecule has 92 valence electrons. The van der Waals surface area contributed by atoms with E-state index in [4.69, 9.17) is 4.84 Å². The zero-order chi connectivity index (χ0) is 11.2. The molecule has 1 saturated carbocycles. The number of carbonyl (C=O) groups is 1. The van der Waals surface area contributed by atoms with Crippen molar-refractivity contribution in [2.75, 3.05) is 13.1 Å². The Morgan fingerprint density at radius 1 is 1.12 bits per heavy atom. The number of hydrogen-bond acceptors (Lipinski definition) is 3. The Morgan fingerprint density at radius 3 is 2.62 bits per heavy atom. The van der Waals surface area contributed by atoms with Gasteiger partial charge in [-0.3, -0.25) is 9.63 Å². The van der Waals surface area contributed by atoms with Crippen LogP contribution in [-0.2, 0) is 9.63 Å². The topological polar surface area (TPSA) is 50.4 Å². The molecule has 1 amide bonds. The molecule has 1 heterocycles. The van der Waals surface area contributed by atoms with Crippen LogP contribution in [0.1, 0.15) is 44.9 Å². The van der Waals surface area contributed by atoms with Crippen LogP contribution in [0.25, 0.3) is 0 Å². The summed E-state index contributed by atoms with van der Waals surface area (Å²) < 4.78 is 0. The standard InChI is InChI=1S/C12H22N2O2/c15-12(10-5-2-1-3-6-10)14-16-11-7-4-8-13-9-11/h10-11,13H,1-9H2,(H,14,15). The van der Waals surface area contributed by atoms with Crippen LogP contribution in [0.4, 0.5) is 0 Å². The van der Waals surface area contributed by atoms with Gasteiger partial charge in [0.1, 0.15) is 0 Å². The Labute approximate surface area is 97.1 Å². The highest BCUT2D eigenvalue weighted by Gasteiger charge is 2.22. The number of rotatable bonds is 3. The predicted molar refractivity (Wildman–Crippen MR) is 61.7 cm³/mol. The minimum Gasteiger partial charge on any atom is -0.314 e. The number of piperidine rings is 1. The molecule has 1 unspecified atom stereocenters. The van der Waals surface area contributed by atoms with Crippen molar-refractivity contribution in [3.8, 4) is 0 Å². The summed E-state index contributed by atoms with van der Waals surface area (Å²) in [6.45, 7) is 1.92. The van der Waals surface area contributed by atoms with Crippen LogP contribution in [0.2, 0.25) is 0 Å². The maximum atomic E-state index is 11.8. The van der Waals surface area contributed by atoms with Gasteiger partial charge in [0.2, 0.25) is 5.91 Å². The first kappa shape index (κ1) is 11.9. The van der Waals surface area contributed by atoms with E-state index in [1.165, 1.54) is 19.3 Å². The molecule has 2 fully saturated rings. The third-order valence-corrected chi connectivity index (χ3v) is 3.55. The molecule has 0 bridgehead atoms. The smallest absolute Gasteiger partial charge is 0.246 e. The Hall–Kier alpha value is -0.610. The molecule has 1 atom stereocenters. The van der Waals surface area contributed by atoms with Crippen molar-refractivity contribution in [3.05, 3.63) is 0 Å². The first-order valence-corrected chi connectivity index (χ1v) is 6.52. The minimum atomic E-state index is 0.0882. The number of nitrogens with one attached hydrogen (secondary N) is 2. The van der Waals surface area contributed by atoms with Gasteiger partial charge in [0.25, 0.3) is 0 Å². The zero-order valence-electron chi connectivity index (χ0n) is 9.84. The average molecular weight is 226 g/mol. The van der Waals surface area contributed by atoms with Gasteiger partial charge in [0.05, 0.1) is 6.10 Å². The quantitative estimate of drug-likeness (QED) is 0.715. The molecule has 1 aliphatic heterocycles. The highest BCUT2D eigenvalue weighted by Crippen LogP contribution is 2.23. The van der Waals surface area contributed by atoms with Gasteiger partial charge in [-0.2, -0.15) is 0 Å². The summed E-state index contributed by atoms with van der Waals surface area (Å²) in [6, 6.07) is 0. The Kier molecular flexibility index (Phi) is 4.60. The van der Waals surface area contributed by atoms with Gasteiger partial charge in [-0.05, 0) is 32.2 Å². The summed E-state index contributed by atoms with van der Waals surface area (Å²) >= 11 is 0. The van der Waals surface area contributed by atoms with Gasteiger partial charge < -0.3 is 5.32 Å². The van der Waals surface area contributed by atoms with Gasteiger partial charge in [-0.15, -0.1) is 0 Å². The van der Waals surface area contributed by atoms with Gasteiger partial charge >= 0.3 is 0 Å². The molecule has 0 aromatic carbocycles. The van der Waals surface area contributed by atoms with E-state index in [-0.39, 0.29) is 17.9 Å². The molecule has 0 aromatic rings. The third kappa shape index (κ3) is 3.46. The average Bonchev–Trinajstić information content (AvgIpc) is 2.38. The van der Waals surface area contributed by atoms with E-state index in [0.29, 0.717) is 0 Å². The lowest BCUT2D eigenvalue weighted by Crippen LogP contribution is -2.41. The first-order chi connectivity index (χ1) is 7.86. The van der Waals surface area contributed by atoms with Crippen LogP contribution in [0.3, 0.4) is 0 Å². The van der Waals surface area contributed by atoms with Crippen LogP contribution >= 0.6 is 0 Å². The molecule has 0 spiro atoms. The van der Waals surface area contributed by atoms with Gasteiger partial charge in [0.15, 0.2) is 0 Å². The van der Waals surface area contributed by atoms with E-state index >= 15 is 0 Å². The summed E-state index contributed by atoms with van der Waals surface area (Å²) in [5, 5.41) is 3.26. The molecule has 2 N–H and O–H groups in total. The first-order valence-electron chi connectivity index (χ1n) is 6.52.